The van der Waals surface area contributed by atoms with E-state index in [-0.39, 0.29) is 23.4 Å². The van der Waals surface area contributed by atoms with Gasteiger partial charge in [0, 0.05) is 18.1 Å². The van der Waals surface area contributed by atoms with Crippen LogP contribution < -0.4 is 0 Å². The zero-order valence-electron chi connectivity index (χ0n) is 7.57. The molecule has 0 fully saturated rings. The molecule has 15 heavy (non-hydrogen) atoms. The lowest BCUT2D eigenvalue weighted by atomic mass is 10.1. The lowest BCUT2D eigenvalue weighted by molar-refractivity contribution is -0.136. The largest absolute Gasteiger partial charge is 0.506 e. The van der Waals surface area contributed by atoms with Crippen molar-refractivity contribution in [2.24, 2.45) is 0 Å². The van der Waals surface area contributed by atoms with Crippen molar-refractivity contribution >= 4 is 17.6 Å². The third-order valence-corrected chi connectivity index (χ3v) is 2.30. The van der Waals surface area contributed by atoms with E-state index in [0.29, 0.717) is 0 Å². The van der Waals surface area contributed by atoms with E-state index in [1.165, 1.54) is 0 Å². The van der Waals surface area contributed by atoms with Gasteiger partial charge in [-0.15, -0.1) is 0 Å². The number of benzene rings is 1. The Bertz CT molecular complexity index is 376. The number of phenols is 3. The van der Waals surface area contributed by atoms with Crippen molar-refractivity contribution in [2.45, 2.75) is 12.8 Å². The van der Waals surface area contributed by atoms with E-state index < -0.39 is 23.2 Å². The van der Waals surface area contributed by atoms with Gasteiger partial charge in [-0.1, -0.05) is 11.6 Å². The minimum absolute atomic E-state index is 0.0246. The van der Waals surface area contributed by atoms with Crippen LogP contribution in [0.2, 0.25) is 5.02 Å². The molecule has 82 valence electrons. The molecule has 0 spiro atoms. The molecule has 1 aromatic rings. The maximum absolute atomic E-state index is 10.3. The average molecular weight is 233 g/mol. The molecule has 6 heteroatoms. The van der Waals surface area contributed by atoms with Crippen LogP contribution in [0.25, 0.3) is 0 Å². The number of phenolic OH excluding ortho intramolecular Hbond substituents is 3. The van der Waals surface area contributed by atoms with E-state index in [1.54, 1.807) is 0 Å². The zero-order chi connectivity index (χ0) is 11.6. The quantitative estimate of drug-likeness (QED) is 0.467. The van der Waals surface area contributed by atoms with Gasteiger partial charge in [-0.25, -0.2) is 0 Å². The summed E-state index contributed by atoms with van der Waals surface area (Å²) in [6, 6.07) is 0.891. The van der Waals surface area contributed by atoms with Gasteiger partial charge in [0.05, 0.1) is 5.02 Å². The highest BCUT2D eigenvalue weighted by Gasteiger charge is 2.16. The van der Waals surface area contributed by atoms with Gasteiger partial charge in [0.2, 0.25) is 0 Å². The normalized spacial score (nSPS) is 10.2. The molecule has 0 aliphatic heterocycles. The molecule has 4 N–H and O–H groups in total. The minimum atomic E-state index is -1.06. The molecule has 1 rings (SSSR count). The molecule has 0 bridgehead atoms. The van der Waals surface area contributed by atoms with Crippen molar-refractivity contribution in [3.63, 3.8) is 0 Å². The molecule has 5 nitrogen and oxygen atoms in total. The third kappa shape index (κ3) is 2.44. The van der Waals surface area contributed by atoms with Crippen LogP contribution in [0, 0.1) is 0 Å². The predicted molar refractivity (Wildman–Crippen MR) is 52.4 cm³/mol. The second-order valence-corrected chi connectivity index (χ2v) is 3.33. The monoisotopic (exact) mass is 232 g/mol. The van der Waals surface area contributed by atoms with Gasteiger partial charge in [0.25, 0.3) is 0 Å². The number of aromatic hydroxyl groups is 3. The summed E-state index contributed by atoms with van der Waals surface area (Å²) in [5, 5.41) is 36.1. The van der Waals surface area contributed by atoms with E-state index in [1.807, 2.05) is 0 Å². The third-order valence-electron chi connectivity index (χ3n) is 1.88. The van der Waals surface area contributed by atoms with Crippen LogP contribution in [-0.4, -0.2) is 26.4 Å². The van der Waals surface area contributed by atoms with Crippen molar-refractivity contribution in [3.05, 3.63) is 16.7 Å². The Morgan fingerprint density at radius 2 is 1.87 bits per heavy atom. The molecule has 0 heterocycles. The number of aliphatic carboxylic acids is 1. The number of carbonyl (C=O) groups is 1. The number of halogens is 1. The fourth-order valence-electron chi connectivity index (χ4n) is 1.13. The van der Waals surface area contributed by atoms with Crippen LogP contribution in [0.4, 0.5) is 0 Å². The number of carboxylic acids is 1. The standard InChI is InChI=1S/C9H9ClO5/c10-8-4(1-2-7(13)14)9(15)6(12)3-5(8)11/h3,11-12,15H,1-2H2,(H,13,14). The summed E-state index contributed by atoms with van der Waals surface area (Å²) in [4.78, 5) is 10.3. The van der Waals surface area contributed by atoms with Gasteiger partial charge in [-0.3, -0.25) is 4.79 Å². The lowest BCUT2D eigenvalue weighted by Crippen LogP contribution is -1.98. The van der Waals surface area contributed by atoms with Crippen molar-refractivity contribution in [2.75, 3.05) is 0 Å². The molecule has 0 atom stereocenters. The molecule has 0 saturated heterocycles. The molecule has 0 aliphatic rings. The van der Waals surface area contributed by atoms with Gasteiger partial charge in [-0.05, 0) is 6.42 Å². The Balaban J connectivity index is 3.09. The van der Waals surface area contributed by atoms with Gasteiger partial charge >= 0.3 is 5.97 Å². The lowest BCUT2D eigenvalue weighted by Gasteiger charge is -2.08. The highest BCUT2D eigenvalue weighted by atomic mass is 35.5. The second kappa shape index (κ2) is 4.27. The Morgan fingerprint density at radius 3 is 2.40 bits per heavy atom. The van der Waals surface area contributed by atoms with Crippen molar-refractivity contribution in [1.82, 2.24) is 0 Å². The Morgan fingerprint density at radius 1 is 1.27 bits per heavy atom. The maximum atomic E-state index is 10.3. The first-order valence-corrected chi connectivity index (χ1v) is 4.45. The number of rotatable bonds is 3. The van der Waals surface area contributed by atoms with Crippen molar-refractivity contribution < 1.29 is 25.2 Å². The Hall–Kier alpha value is -1.62. The fraction of sp³-hybridized carbons (Fsp3) is 0.222. The van der Waals surface area contributed by atoms with Crippen LogP contribution in [-0.2, 0) is 11.2 Å². The summed E-state index contributed by atoms with van der Waals surface area (Å²) in [5.41, 5.74) is 0.0246. The Kier molecular flexibility index (Phi) is 3.26. The first-order valence-electron chi connectivity index (χ1n) is 4.07. The number of carboxylic acid groups (broad SMARTS) is 1. The molecule has 0 aliphatic carbocycles. The number of hydrogen-bond acceptors (Lipinski definition) is 4. The van der Waals surface area contributed by atoms with E-state index in [9.17, 15) is 15.0 Å². The molecule has 0 saturated carbocycles. The first-order chi connectivity index (χ1) is 6.93. The SMILES string of the molecule is O=C(O)CCc1c(O)c(O)cc(O)c1Cl. The summed E-state index contributed by atoms with van der Waals surface area (Å²) in [5.74, 6) is -2.49. The van der Waals surface area contributed by atoms with Gasteiger partial charge in [0.1, 0.15) is 5.75 Å². The topological polar surface area (TPSA) is 98.0 Å². The highest BCUT2D eigenvalue weighted by Crippen LogP contribution is 2.40. The van der Waals surface area contributed by atoms with Crippen LogP contribution in [0.1, 0.15) is 12.0 Å². The average Bonchev–Trinajstić information content (AvgIpc) is 2.14. The smallest absolute Gasteiger partial charge is 0.303 e. The molecule has 0 aromatic heterocycles. The van der Waals surface area contributed by atoms with Crippen molar-refractivity contribution in [3.8, 4) is 17.2 Å². The van der Waals surface area contributed by atoms with E-state index in [0.717, 1.165) is 6.07 Å². The fourth-order valence-corrected chi connectivity index (χ4v) is 1.37. The zero-order valence-corrected chi connectivity index (χ0v) is 8.32. The highest BCUT2D eigenvalue weighted by molar-refractivity contribution is 6.33. The summed E-state index contributed by atoms with van der Waals surface area (Å²) in [7, 11) is 0. The van der Waals surface area contributed by atoms with Gasteiger partial charge in [0.15, 0.2) is 11.5 Å². The van der Waals surface area contributed by atoms with E-state index in [4.69, 9.17) is 21.8 Å². The van der Waals surface area contributed by atoms with Crippen LogP contribution >= 0.6 is 11.6 Å². The van der Waals surface area contributed by atoms with Gasteiger partial charge in [-0.2, -0.15) is 0 Å². The number of hydrogen-bond donors (Lipinski definition) is 4. The maximum Gasteiger partial charge on any atom is 0.303 e. The molecule has 1 aromatic carbocycles. The molecule has 0 amide bonds. The van der Waals surface area contributed by atoms with Gasteiger partial charge < -0.3 is 20.4 Å². The van der Waals surface area contributed by atoms with Crippen LogP contribution in [0.15, 0.2) is 6.07 Å². The summed E-state index contributed by atoms with van der Waals surface area (Å²) < 4.78 is 0. The summed E-state index contributed by atoms with van der Waals surface area (Å²) in [6.07, 6.45) is -0.321. The molecule has 0 unspecified atom stereocenters. The van der Waals surface area contributed by atoms with E-state index in [2.05, 4.69) is 0 Å². The van der Waals surface area contributed by atoms with Crippen molar-refractivity contribution in [1.29, 1.82) is 0 Å². The van der Waals surface area contributed by atoms with Crippen LogP contribution in [0.5, 0.6) is 17.2 Å². The minimum Gasteiger partial charge on any atom is -0.506 e. The molecular formula is C9H9ClO5. The second-order valence-electron chi connectivity index (χ2n) is 2.95. The summed E-state index contributed by atoms with van der Waals surface area (Å²) in [6.45, 7) is 0. The van der Waals surface area contributed by atoms with Crippen LogP contribution in [0.3, 0.4) is 0 Å². The first kappa shape index (κ1) is 11.5. The molecular weight excluding hydrogens is 224 g/mol. The molecule has 0 radical (unpaired) electrons. The predicted octanol–water partition coefficient (Wildman–Crippen LogP) is 1.47. The Labute approximate surface area is 90.2 Å². The summed E-state index contributed by atoms with van der Waals surface area (Å²) >= 11 is 5.64. The van der Waals surface area contributed by atoms with E-state index >= 15 is 0 Å².